The Balaban J connectivity index is 1.96. The Morgan fingerprint density at radius 3 is 2.38 bits per heavy atom. The average Bonchev–Trinajstić information content (AvgIpc) is 2.53. The summed E-state index contributed by atoms with van der Waals surface area (Å²) in [5.74, 6) is -1.95. The molecule has 1 atom stereocenters. The van der Waals surface area contributed by atoms with Crippen molar-refractivity contribution in [2.75, 3.05) is 11.6 Å². The van der Waals surface area contributed by atoms with E-state index in [0.717, 1.165) is 12.3 Å². The van der Waals surface area contributed by atoms with E-state index in [9.17, 15) is 22.4 Å². The number of carbonyl (C=O) groups is 2. The lowest BCUT2D eigenvalue weighted by molar-refractivity contribution is -0.123. The van der Waals surface area contributed by atoms with Crippen molar-refractivity contribution in [3.05, 3.63) is 65.5 Å². The maximum atomic E-state index is 13.1. The van der Waals surface area contributed by atoms with Crippen molar-refractivity contribution in [1.82, 2.24) is 0 Å². The summed E-state index contributed by atoms with van der Waals surface area (Å²) in [6.45, 7) is 1.39. The van der Waals surface area contributed by atoms with E-state index in [4.69, 9.17) is 4.74 Å². The smallest absolute Gasteiger partial charge is 0.338 e. The van der Waals surface area contributed by atoms with Gasteiger partial charge in [0.25, 0.3) is 5.91 Å². The molecule has 1 N–H and O–H groups in total. The second-order valence-electron chi connectivity index (χ2n) is 5.81. The largest absolute Gasteiger partial charge is 0.449 e. The Labute approximate surface area is 150 Å². The second kappa shape index (κ2) is 8.09. The first kappa shape index (κ1) is 19.6. The third-order valence-electron chi connectivity index (χ3n) is 3.36. The third-order valence-corrected chi connectivity index (χ3v) is 4.22. The van der Waals surface area contributed by atoms with E-state index in [-0.39, 0.29) is 17.0 Å². The van der Waals surface area contributed by atoms with Gasteiger partial charge in [-0.2, -0.15) is 0 Å². The molecule has 0 aliphatic carbocycles. The molecular weight excluding hydrogens is 361 g/mol. The molecule has 2 rings (SSSR count). The Bertz CT molecular complexity index is 909. The van der Waals surface area contributed by atoms with Crippen LogP contribution in [0.3, 0.4) is 0 Å². The van der Waals surface area contributed by atoms with Gasteiger partial charge in [0.1, 0.15) is 5.82 Å². The van der Waals surface area contributed by atoms with Crippen molar-refractivity contribution in [2.24, 2.45) is 0 Å². The monoisotopic (exact) mass is 379 g/mol. The molecule has 0 saturated heterocycles. The summed E-state index contributed by atoms with van der Waals surface area (Å²) < 4.78 is 40.7. The van der Waals surface area contributed by atoms with E-state index >= 15 is 0 Å². The van der Waals surface area contributed by atoms with Gasteiger partial charge in [-0.15, -0.1) is 0 Å². The van der Waals surface area contributed by atoms with Gasteiger partial charge in [-0.1, -0.05) is 18.2 Å². The molecule has 0 radical (unpaired) electrons. The molecule has 138 valence electrons. The molecule has 1 amide bonds. The second-order valence-corrected chi connectivity index (χ2v) is 7.95. The van der Waals surface area contributed by atoms with Crippen LogP contribution in [0.1, 0.15) is 22.8 Å². The summed E-state index contributed by atoms with van der Waals surface area (Å²) in [4.78, 5) is 24.1. The molecule has 2 aromatic rings. The maximum absolute atomic E-state index is 13.1. The first-order chi connectivity index (χ1) is 12.1. The minimum atomic E-state index is -3.17. The molecule has 0 unspecified atom stereocenters. The number of sulfone groups is 1. The van der Waals surface area contributed by atoms with Gasteiger partial charge >= 0.3 is 5.97 Å². The highest BCUT2D eigenvalue weighted by Gasteiger charge is 2.19. The quantitative estimate of drug-likeness (QED) is 0.779. The number of benzene rings is 2. The summed E-state index contributed by atoms with van der Waals surface area (Å²) in [5, 5.41) is 2.45. The average molecular weight is 379 g/mol. The molecule has 26 heavy (non-hydrogen) atoms. The molecule has 0 aromatic heterocycles. The molecule has 0 heterocycles. The standard InChI is InChI=1S/C18H18FNO5S/c1-12(17(21)20-16-5-3-4-15(19)10-16)25-18(22)14-8-6-13(7-9-14)11-26(2,23)24/h3-10,12H,11H2,1-2H3,(H,20,21)/t12-/m1/s1. The summed E-state index contributed by atoms with van der Waals surface area (Å²) >= 11 is 0. The minimum Gasteiger partial charge on any atom is -0.449 e. The fourth-order valence-electron chi connectivity index (χ4n) is 2.13. The summed E-state index contributed by atoms with van der Waals surface area (Å²) in [6, 6.07) is 11.2. The van der Waals surface area contributed by atoms with Crippen LogP contribution in [0.4, 0.5) is 10.1 Å². The molecule has 6 nitrogen and oxygen atoms in total. The van der Waals surface area contributed by atoms with Crippen LogP contribution in [-0.2, 0) is 25.1 Å². The number of hydrogen-bond donors (Lipinski definition) is 1. The normalized spacial score (nSPS) is 12.3. The number of esters is 1. The number of nitrogens with one attached hydrogen (secondary N) is 1. The Kier molecular flexibility index (Phi) is 6.10. The molecular formula is C18H18FNO5S. The Morgan fingerprint density at radius 2 is 1.81 bits per heavy atom. The number of anilines is 1. The van der Waals surface area contributed by atoms with E-state index < -0.39 is 33.6 Å². The molecule has 0 bridgehead atoms. The van der Waals surface area contributed by atoms with E-state index in [2.05, 4.69) is 5.32 Å². The van der Waals surface area contributed by atoms with Crippen LogP contribution in [0.5, 0.6) is 0 Å². The van der Waals surface area contributed by atoms with Crippen LogP contribution in [-0.4, -0.2) is 32.7 Å². The highest BCUT2D eigenvalue weighted by atomic mass is 32.2. The van der Waals surface area contributed by atoms with Crippen LogP contribution in [0.2, 0.25) is 0 Å². The van der Waals surface area contributed by atoms with Crippen molar-refractivity contribution in [3.8, 4) is 0 Å². The minimum absolute atomic E-state index is 0.130. The maximum Gasteiger partial charge on any atom is 0.338 e. The molecule has 0 spiro atoms. The van der Waals surface area contributed by atoms with Gasteiger partial charge in [0, 0.05) is 11.9 Å². The third kappa shape index (κ3) is 5.96. The van der Waals surface area contributed by atoms with Crippen molar-refractivity contribution >= 4 is 27.4 Å². The lowest BCUT2D eigenvalue weighted by Gasteiger charge is -2.13. The van der Waals surface area contributed by atoms with Gasteiger partial charge in [-0.3, -0.25) is 4.79 Å². The first-order valence-corrected chi connectivity index (χ1v) is 9.74. The predicted octanol–water partition coefficient (Wildman–Crippen LogP) is 2.55. The zero-order valence-electron chi connectivity index (χ0n) is 14.2. The predicted molar refractivity (Wildman–Crippen MR) is 94.9 cm³/mol. The molecule has 0 aliphatic heterocycles. The van der Waals surface area contributed by atoms with Gasteiger partial charge in [0.05, 0.1) is 11.3 Å². The molecule has 0 fully saturated rings. The molecule has 2 aromatic carbocycles. The summed E-state index contributed by atoms with van der Waals surface area (Å²) in [7, 11) is -3.17. The van der Waals surface area contributed by atoms with Crippen molar-refractivity contribution < 1.29 is 27.1 Å². The first-order valence-electron chi connectivity index (χ1n) is 7.68. The van der Waals surface area contributed by atoms with Crippen molar-refractivity contribution in [3.63, 3.8) is 0 Å². The zero-order chi connectivity index (χ0) is 19.3. The SMILES string of the molecule is C[C@@H](OC(=O)c1ccc(CS(C)(=O)=O)cc1)C(=O)Nc1cccc(F)c1. The van der Waals surface area contributed by atoms with Gasteiger partial charge < -0.3 is 10.1 Å². The zero-order valence-corrected chi connectivity index (χ0v) is 15.0. The Morgan fingerprint density at radius 1 is 1.15 bits per heavy atom. The lowest BCUT2D eigenvalue weighted by atomic mass is 10.1. The fraction of sp³-hybridized carbons (Fsp3) is 0.222. The molecule has 8 heteroatoms. The highest BCUT2D eigenvalue weighted by molar-refractivity contribution is 7.89. The van der Waals surface area contributed by atoms with Gasteiger partial charge in [-0.05, 0) is 42.8 Å². The van der Waals surface area contributed by atoms with Gasteiger partial charge in [0.15, 0.2) is 15.9 Å². The number of carbonyl (C=O) groups excluding carboxylic acids is 2. The van der Waals surface area contributed by atoms with E-state index in [1.807, 2.05) is 0 Å². The van der Waals surface area contributed by atoms with Crippen molar-refractivity contribution in [1.29, 1.82) is 0 Å². The number of amides is 1. The fourth-order valence-corrected chi connectivity index (χ4v) is 2.93. The number of hydrogen-bond acceptors (Lipinski definition) is 5. The van der Waals surface area contributed by atoms with E-state index in [1.54, 1.807) is 0 Å². The Hall–Kier alpha value is -2.74. The number of halogens is 1. The van der Waals surface area contributed by atoms with Crippen LogP contribution >= 0.6 is 0 Å². The van der Waals surface area contributed by atoms with Crippen LogP contribution in [0, 0.1) is 5.82 Å². The van der Waals surface area contributed by atoms with Crippen molar-refractivity contribution in [2.45, 2.75) is 18.8 Å². The van der Waals surface area contributed by atoms with Gasteiger partial charge in [0.2, 0.25) is 0 Å². The summed E-state index contributed by atoms with van der Waals surface area (Å²) in [5.41, 5.74) is 0.983. The number of rotatable bonds is 6. The van der Waals surface area contributed by atoms with Crippen LogP contribution in [0.25, 0.3) is 0 Å². The van der Waals surface area contributed by atoms with Gasteiger partial charge in [-0.25, -0.2) is 17.6 Å². The van der Waals surface area contributed by atoms with E-state index in [0.29, 0.717) is 5.56 Å². The molecule has 0 saturated carbocycles. The molecule has 0 aliphatic rings. The van der Waals surface area contributed by atoms with Crippen LogP contribution in [0.15, 0.2) is 48.5 Å². The summed E-state index contributed by atoms with van der Waals surface area (Å²) in [6.07, 6.45) is 0.0233. The van der Waals surface area contributed by atoms with E-state index in [1.165, 1.54) is 49.4 Å². The highest BCUT2D eigenvalue weighted by Crippen LogP contribution is 2.12. The number of ether oxygens (including phenoxy) is 1. The lowest BCUT2D eigenvalue weighted by Crippen LogP contribution is -2.30. The topological polar surface area (TPSA) is 89.5 Å². The van der Waals surface area contributed by atoms with Crippen LogP contribution < -0.4 is 5.32 Å².